The van der Waals surface area contributed by atoms with Crippen molar-refractivity contribution in [3.05, 3.63) is 12.7 Å². The number of ether oxygens (including phenoxy) is 1. The molecular weight excluding hydrogens is 840 g/mol. The van der Waals surface area contributed by atoms with Crippen LogP contribution in [0.2, 0.25) is 0 Å². The van der Waals surface area contributed by atoms with E-state index in [1.807, 2.05) is 0 Å². The molecule has 1 fully saturated rings. The van der Waals surface area contributed by atoms with Crippen LogP contribution in [0.5, 0.6) is 0 Å². The Labute approximate surface area is 378 Å². The fourth-order valence-electron chi connectivity index (χ4n) is 4.31. The van der Waals surface area contributed by atoms with Crippen molar-refractivity contribution in [1.82, 2.24) is 30.2 Å². The van der Waals surface area contributed by atoms with Crippen LogP contribution in [-0.4, -0.2) is 108 Å². The van der Waals surface area contributed by atoms with Gasteiger partial charge in [0.05, 0.1) is 27.4 Å². The Morgan fingerprint density at radius 1 is 1.09 bits per heavy atom. The Balaban J connectivity index is 0.00000936. The first-order valence-corrected chi connectivity index (χ1v) is 19.9. The van der Waals surface area contributed by atoms with Crippen molar-refractivity contribution in [2.45, 2.75) is 57.8 Å². The number of nitrogens with two attached hydrogens (primary N) is 1. The number of imidazole rings is 1. The first kappa shape index (κ1) is 54.6. The summed E-state index contributed by atoms with van der Waals surface area (Å²) in [7, 11) is -17.2. The van der Waals surface area contributed by atoms with Crippen molar-refractivity contribution in [1.29, 1.82) is 0 Å². The number of hydrogen-bond acceptors (Lipinski definition) is 21. The summed E-state index contributed by atoms with van der Waals surface area (Å²) in [5, 5.41) is 25.9. The smallest absolute Gasteiger partial charge is 0.790 e. The van der Waals surface area contributed by atoms with Gasteiger partial charge in [0, 0.05) is 37.6 Å². The molecule has 7 N–H and O–H groups in total. The topological polar surface area (TPSA) is 372 Å². The molecule has 31 heteroatoms. The molecule has 7 unspecified atom stereocenters. The zero-order chi connectivity index (χ0) is 38.4. The second kappa shape index (κ2) is 23.4. The van der Waals surface area contributed by atoms with E-state index in [0.717, 1.165) is 29.0 Å². The molecule has 0 saturated carbocycles. The van der Waals surface area contributed by atoms with Gasteiger partial charge in [-0.15, -0.1) is 0 Å². The zero-order valence-electron chi connectivity index (χ0n) is 30.0. The predicted octanol–water partition coefficient (Wildman–Crippen LogP) is -12.2. The SMILES string of the molecule is CC(=O)SCCNC(=O)CCNC(=O)C(O)C(C)(C)COP(=O)([O-])OP(=O)(O)OCC1OC(n2cnc3c(N)ncnc32)C(O)C1OP(=O)([O-])[O-].[Na+].[Na+].[Na+]. The Kier molecular flexibility index (Phi) is 23.6. The summed E-state index contributed by atoms with van der Waals surface area (Å²) in [6.07, 6.45) is -7.40. The van der Waals surface area contributed by atoms with Crippen LogP contribution in [0.1, 0.15) is 33.4 Å². The number of hydrogen-bond donors (Lipinski definition) is 6. The minimum atomic E-state index is -5.83. The number of carbonyl (C=O) groups is 3. The van der Waals surface area contributed by atoms with Gasteiger partial charge in [0.1, 0.15) is 36.3 Å². The molecular formula is C23H35N7Na3O17P3S. The minimum absolute atomic E-state index is 0. The summed E-state index contributed by atoms with van der Waals surface area (Å²) >= 11 is 1.02. The average molecular weight is 876 g/mol. The van der Waals surface area contributed by atoms with Crippen molar-refractivity contribution in [2.75, 3.05) is 37.8 Å². The number of amides is 2. The Bertz CT molecular complexity index is 1730. The molecule has 2 aromatic rings. The number of rotatable bonds is 19. The van der Waals surface area contributed by atoms with E-state index in [0.29, 0.717) is 5.75 Å². The minimum Gasteiger partial charge on any atom is -0.790 e. The molecule has 0 radical (unpaired) electrons. The summed E-state index contributed by atoms with van der Waals surface area (Å²) < 4.78 is 60.7. The molecule has 3 heterocycles. The Morgan fingerprint density at radius 3 is 2.35 bits per heavy atom. The van der Waals surface area contributed by atoms with Crippen LogP contribution in [0.3, 0.4) is 0 Å². The van der Waals surface area contributed by atoms with Gasteiger partial charge < -0.3 is 64.5 Å². The van der Waals surface area contributed by atoms with Gasteiger partial charge in [0.15, 0.2) is 22.8 Å². The van der Waals surface area contributed by atoms with E-state index >= 15 is 0 Å². The monoisotopic (exact) mass is 875 g/mol. The normalized spacial score (nSPS) is 21.4. The van der Waals surface area contributed by atoms with Gasteiger partial charge >= 0.3 is 96.5 Å². The number of phosphoric acid groups is 3. The molecule has 1 aliphatic rings. The van der Waals surface area contributed by atoms with Crippen molar-refractivity contribution < 1.29 is 169 Å². The first-order chi connectivity index (χ1) is 23.5. The molecule has 3 rings (SSSR count). The summed E-state index contributed by atoms with van der Waals surface area (Å²) in [6, 6.07) is 0. The third-order valence-corrected chi connectivity index (χ3v) is 10.7. The maximum absolute atomic E-state index is 12.5. The third-order valence-electron chi connectivity index (χ3n) is 6.79. The molecule has 1 aliphatic heterocycles. The molecule has 0 bridgehead atoms. The number of fused-ring (bicyclic) bond motifs is 1. The van der Waals surface area contributed by atoms with Crippen LogP contribution in [0.4, 0.5) is 5.82 Å². The third kappa shape index (κ3) is 17.0. The van der Waals surface area contributed by atoms with E-state index in [1.165, 1.54) is 20.8 Å². The van der Waals surface area contributed by atoms with Crippen molar-refractivity contribution in [2.24, 2.45) is 5.41 Å². The molecule has 288 valence electrons. The number of carbonyl (C=O) groups excluding carboxylic acids is 3. The number of aliphatic hydroxyl groups excluding tert-OH is 2. The van der Waals surface area contributed by atoms with Gasteiger partial charge in [-0.2, -0.15) is 0 Å². The largest absolute Gasteiger partial charge is 1.00 e. The summed E-state index contributed by atoms with van der Waals surface area (Å²) in [5.41, 5.74) is 4.12. The summed E-state index contributed by atoms with van der Waals surface area (Å²) in [4.78, 5) is 92.1. The number of thioether (sulfide) groups is 1. The summed E-state index contributed by atoms with van der Waals surface area (Å²) in [6.45, 7) is 1.63. The van der Waals surface area contributed by atoms with Crippen molar-refractivity contribution in [3.63, 3.8) is 0 Å². The van der Waals surface area contributed by atoms with Gasteiger partial charge in [0.25, 0.3) is 7.82 Å². The standard InChI is InChI=1S/C23H38N7O17P3S.3Na/c1-12(31)51-7-6-25-14(32)4-5-26-21(35)18(34)23(2,3)9-44-50(41,42)47-49(39,40)43-8-13-17(46-48(36,37)38)16(33)22(45-13)30-11-29-15-19(24)27-10-28-20(15)30;;;/h10-11,13,16-18,22,33-34H,4-9H2,1-3H3,(H,25,32)(H,26,35)(H,39,40)(H,41,42)(H2,24,27,28)(H2,36,37,38);;;/q;3*+1/p-3. The van der Waals surface area contributed by atoms with Crippen LogP contribution in [0, 0.1) is 5.41 Å². The molecule has 0 spiro atoms. The summed E-state index contributed by atoms with van der Waals surface area (Å²) in [5.74, 6) is -1.16. The molecule has 24 nitrogen and oxygen atoms in total. The van der Waals surface area contributed by atoms with Crippen LogP contribution >= 0.6 is 35.2 Å². The first-order valence-electron chi connectivity index (χ1n) is 14.5. The number of nitrogens with one attached hydrogen (secondary N) is 2. The average Bonchev–Trinajstić information content (AvgIpc) is 3.57. The number of aliphatic hydroxyl groups is 2. The predicted molar refractivity (Wildman–Crippen MR) is 166 cm³/mol. The maximum Gasteiger partial charge on any atom is 1.00 e. The second-order valence-corrected chi connectivity index (χ2v) is 16.7. The number of anilines is 1. The number of nitrogen functional groups attached to an aromatic ring is 1. The van der Waals surface area contributed by atoms with Crippen LogP contribution in [-0.2, 0) is 50.7 Å². The van der Waals surface area contributed by atoms with Crippen molar-refractivity contribution in [3.8, 4) is 0 Å². The van der Waals surface area contributed by atoms with Gasteiger partial charge in [-0.1, -0.05) is 25.6 Å². The fraction of sp³-hybridized carbons (Fsp3) is 0.652. The maximum atomic E-state index is 12.5. The second-order valence-electron chi connectivity index (χ2n) is 11.3. The quantitative estimate of drug-likeness (QED) is 0.0433. The Hall–Kier alpha value is 0.560. The van der Waals surface area contributed by atoms with Gasteiger partial charge in [0.2, 0.25) is 11.8 Å². The van der Waals surface area contributed by atoms with E-state index < -0.39 is 84.6 Å². The van der Waals surface area contributed by atoms with Crippen LogP contribution in [0.15, 0.2) is 12.7 Å². The van der Waals surface area contributed by atoms with Crippen molar-refractivity contribution >= 4 is 69.1 Å². The number of nitrogens with zero attached hydrogens (tertiary/aromatic N) is 4. The number of aromatic nitrogens is 4. The molecule has 54 heavy (non-hydrogen) atoms. The van der Waals surface area contributed by atoms with Gasteiger partial charge in [-0.25, -0.2) is 23.8 Å². The molecule has 0 aromatic carbocycles. The van der Waals surface area contributed by atoms with Crippen LogP contribution < -0.4 is 120 Å². The van der Waals surface area contributed by atoms with Crippen LogP contribution in [0.25, 0.3) is 11.2 Å². The molecule has 0 aliphatic carbocycles. The van der Waals surface area contributed by atoms with E-state index in [4.69, 9.17) is 10.5 Å². The van der Waals surface area contributed by atoms with Gasteiger partial charge in [-0.05, 0) is 0 Å². The Morgan fingerprint density at radius 2 is 1.74 bits per heavy atom. The molecule has 1 saturated heterocycles. The zero-order valence-corrected chi connectivity index (χ0v) is 39.5. The van der Waals surface area contributed by atoms with E-state index in [-0.39, 0.29) is 130 Å². The number of phosphoric ester groups is 3. The van der Waals surface area contributed by atoms with Gasteiger partial charge in [-0.3, -0.25) is 28.0 Å². The van der Waals surface area contributed by atoms with E-state index in [9.17, 15) is 57.9 Å². The molecule has 7 atom stereocenters. The fourth-order valence-corrected chi connectivity index (χ4v) is 7.57. The van der Waals surface area contributed by atoms with E-state index in [1.54, 1.807) is 0 Å². The molecule has 2 aromatic heterocycles. The van der Waals surface area contributed by atoms with E-state index in [2.05, 4.69) is 43.5 Å². The molecule has 2 amide bonds.